The number of ether oxygens (including phenoxy) is 2. The van der Waals surface area contributed by atoms with E-state index in [-0.39, 0.29) is 0 Å². The van der Waals surface area contributed by atoms with Gasteiger partial charge in [0.15, 0.2) is 6.10 Å². The van der Waals surface area contributed by atoms with Gasteiger partial charge < -0.3 is 9.47 Å². The third-order valence-corrected chi connectivity index (χ3v) is 2.60. The van der Waals surface area contributed by atoms with E-state index in [9.17, 15) is 4.79 Å². The van der Waals surface area contributed by atoms with Crippen LogP contribution in [0.4, 0.5) is 4.79 Å². The molecule has 1 atom stereocenters. The molecular weight excluding hydrogens is 252 g/mol. The number of methoxy groups -OCH3 is 1. The fourth-order valence-electron chi connectivity index (χ4n) is 1.62. The topological polar surface area (TPSA) is 35.5 Å². The van der Waals surface area contributed by atoms with Crippen LogP contribution in [0.5, 0.6) is 0 Å². The predicted octanol–water partition coefficient (Wildman–Crippen LogP) is 3.56. The molecule has 20 heavy (non-hydrogen) atoms. The second-order valence-electron chi connectivity index (χ2n) is 4.00. The van der Waals surface area contributed by atoms with Gasteiger partial charge in [-0.15, -0.1) is 0 Å². The van der Waals surface area contributed by atoms with E-state index in [2.05, 4.69) is 16.6 Å². The molecule has 0 heterocycles. The lowest BCUT2D eigenvalue weighted by atomic mass is 10.1. The fourth-order valence-corrected chi connectivity index (χ4v) is 1.62. The van der Waals surface area contributed by atoms with Crippen LogP contribution >= 0.6 is 0 Å². The van der Waals surface area contributed by atoms with E-state index in [0.717, 1.165) is 11.1 Å². The van der Waals surface area contributed by atoms with Crippen LogP contribution in [-0.4, -0.2) is 13.3 Å². The molecule has 0 aliphatic heterocycles. The molecule has 0 aromatic heterocycles. The van der Waals surface area contributed by atoms with E-state index in [1.807, 2.05) is 60.7 Å². The molecule has 0 aliphatic rings. The first-order valence-corrected chi connectivity index (χ1v) is 6.16. The molecule has 3 heteroatoms. The normalized spacial score (nSPS) is 10.8. The van der Waals surface area contributed by atoms with Crippen LogP contribution < -0.4 is 0 Å². The second-order valence-corrected chi connectivity index (χ2v) is 4.00. The SMILES string of the molecule is COC(=O)OC(C#Cc1ccccc1)c1ccccc1. The van der Waals surface area contributed by atoms with Crippen molar-refractivity contribution in [1.82, 2.24) is 0 Å². The fraction of sp³-hybridized carbons (Fsp3) is 0.118. The van der Waals surface area contributed by atoms with Gasteiger partial charge in [0.1, 0.15) is 0 Å². The van der Waals surface area contributed by atoms with Crippen LogP contribution in [0.15, 0.2) is 60.7 Å². The number of carbonyl (C=O) groups excluding carboxylic acids is 1. The van der Waals surface area contributed by atoms with Gasteiger partial charge in [0, 0.05) is 11.1 Å². The van der Waals surface area contributed by atoms with Crippen LogP contribution in [0.2, 0.25) is 0 Å². The Morgan fingerprint density at radius 2 is 1.60 bits per heavy atom. The summed E-state index contributed by atoms with van der Waals surface area (Å²) in [6, 6.07) is 18.9. The molecule has 0 radical (unpaired) electrons. The lowest BCUT2D eigenvalue weighted by molar-refractivity contribution is 0.0550. The highest BCUT2D eigenvalue weighted by molar-refractivity contribution is 5.60. The maximum atomic E-state index is 11.3. The van der Waals surface area contributed by atoms with Crippen LogP contribution in [0.1, 0.15) is 17.2 Å². The summed E-state index contributed by atoms with van der Waals surface area (Å²) >= 11 is 0. The Morgan fingerprint density at radius 1 is 1.00 bits per heavy atom. The third kappa shape index (κ3) is 3.89. The molecule has 0 aliphatic carbocycles. The molecule has 0 N–H and O–H groups in total. The first kappa shape index (κ1) is 13.7. The Kier molecular flexibility index (Phi) is 4.80. The van der Waals surface area contributed by atoms with E-state index in [4.69, 9.17) is 4.74 Å². The molecule has 0 bridgehead atoms. The molecule has 100 valence electrons. The van der Waals surface area contributed by atoms with Gasteiger partial charge in [0.2, 0.25) is 0 Å². The van der Waals surface area contributed by atoms with Gasteiger partial charge >= 0.3 is 6.16 Å². The van der Waals surface area contributed by atoms with E-state index in [1.165, 1.54) is 7.11 Å². The molecule has 2 aromatic rings. The first-order valence-electron chi connectivity index (χ1n) is 6.16. The monoisotopic (exact) mass is 266 g/mol. The highest BCUT2D eigenvalue weighted by Crippen LogP contribution is 2.17. The first-order chi connectivity index (χ1) is 9.79. The van der Waals surface area contributed by atoms with Gasteiger partial charge in [-0.1, -0.05) is 54.5 Å². The molecule has 0 spiro atoms. The summed E-state index contributed by atoms with van der Waals surface area (Å²) in [5, 5.41) is 0. The molecule has 0 saturated carbocycles. The Hall–Kier alpha value is -2.73. The minimum absolute atomic E-state index is 0.649. The number of hydrogen-bond donors (Lipinski definition) is 0. The summed E-state index contributed by atoms with van der Waals surface area (Å²) in [6.07, 6.45) is -1.40. The van der Waals surface area contributed by atoms with Crippen molar-refractivity contribution in [2.24, 2.45) is 0 Å². The highest BCUT2D eigenvalue weighted by Gasteiger charge is 2.13. The zero-order chi connectivity index (χ0) is 14.2. The zero-order valence-electron chi connectivity index (χ0n) is 11.1. The Morgan fingerprint density at radius 3 is 2.20 bits per heavy atom. The number of rotatable bonds is 2. The van der Waals surface area contributed by atoms with Crippen LogP contribution in [0.3, 0.4) is 0 Å². The summed E-state index contributed by atoms with van der Waals surface area (Å²) in [6.45, 7) is 0. The lowest BCUT2D eigenvalue weighted by Gasteiger charge is -2.11. The maximum Gasteiger partial charge on any atom is 0.509 e. The number of benzene rings is 2. The standard InChI is InChI=1S/C17H14O3/c1-19-17(18)20-16(15-10-6-3-7-11-15)13-12-14-8-4-2-5-9-14/h2-11,16H,1H3. The van der Waals surface area contributed by atoms with Gasteiger partial charge in [-0.2, -0.15) is 0 Å². The van der Waals surface area contributed by atoms with Crippen LogP contribution in [0.25, 0.3) is 0 Å². The number of hydrogen-bond acceptors (Lipinski definition) is 3. The molecule has 0 fully saturated rings. The van der Waals surface area contributed by atoms with E-state index < -0.39 is 12.3 Å². The Bertz CT molecular complexity index is 609. The van der Waals surface area contributed by atoms with Crippen molar-refractivity contribution in [3.05, 3.63) is 71.8 Å². The average molecular weight is 266 g/mol. The van der Waals surface area contributed by atoms with Crippen molar-refractivity contribution < 1.29 is 14.3 Å². The van der Waals surface area contributed by atoms with Gasteiger partial charge in [-0.05, 0) is 18.1 Å². The number of carbonyl (C=O) groups is 1. The van der Waals surface area contributed by atoms with Crippen molar-refractivity contribution in [1.29, 1.82) is 0 Å². The summed E-state index contributed by atoms with van der Waals surface area (Å²) in [7, 11) is 1.27. The van der Waals surface area contributed by atoms with Crippen LogP contribution in [0, 0.1) is 11.8 Å². The van der Waals surface area contributed by atoms with Crippen molar-refractivity contribution in [3.8, 4) is 11.8 Å². The van der Waals surface area contributed by atoms with Crippen molar-refractivity contribution in [2.45, 2.75) is 6.10 Å². The largest absolute Gasteiger partial charge is 0.509 e. The van der Waals surface area contributed by atoms with E-state index in [1.54, 1.807) is 0 Å². The molecular formula is C17H14O3. The predicted molar refractivity (Wildman–Crippen MR) is 76.0 cm³/mol. The van der Waals surface area contributed by atoms with E-state index in [0.29, 0.717) is 0 Å². The average Bonchev–Trinajstić information content (AvgIpc) is 2.53. The molecule has 2 rings (SSSR count). The third-order valence-electron chi connectivity index (χ3n) is 2.60. The zero-order valence-corrected chi connectivity index (χ0v) is 11.1. The minimum atomic E-state index is -0.749. The molecule has 0 saturated heterocycles. The summed E-state index contributed by atoms with van der Waals surface area (Å²) in [4.78, 5) is 11.3. The highest BCUT2D eigenvalue weighted by atomic mass is 16.7. The summed E-state index contributed by atoms with van der Waals surface area (Å²) < 4.78 is 9.70. The van der Waals surface area contributed by atoms with Gasteiger partial charge in [0.05, 0.1) is 7.11 Å². The summed E-state index contributed by atoms with van der Waals surface area (Å²) in [5.41, 5.74) is 1.67. The maximum absolute atomic E-state index is 11.3. The molecule has 3 nitrogen and oxygen atoms in total. The summed E-state index contributed by atoms with van der Waals surface area (Å²) in [5.74, 6) is 5.93. The smallest absolute Gasteiger partial charge is 0.438 e. The Balaban J connectivity index is 2.24. The van der Waals surface area contributed by atoms with Crippen molar-refractivity contribution in [3.63, 3.8) is 0 Å². The Labute approximate surface area is 118 Å². The van der Waals surface area contributed by atoms with E-state index >= 15 is 0 Å². The molecule has 1 unspecified atom stereocenters. The minimum Gasteiger partial charge on any atom is -0.438 e. The second kappa shape index (κ2) is 7.01. The molecule has 0 amide bonds. The van der Waals surface area contributed by atoms with Crippen LogP contribution in [-0.2, 0) is 9.47 Å². The van der Waals surface area contributed by atoms with Gasteiger partial charge in [-0.3, -0.25) is 0 Å². The molecule has 2 aromatic carbocycles. The van der Waals surface area contributed by atoms with Gasteiger partial charge in [0.25, 0.3) is 0 Å². The van der Waals surface area contributed by atoms with Gasteiger partial charge in [-0.25, -0.2) is 4.79 Å². The quantitative estimate of drug-likeness (QED) is 0.616. The van der Waals surface area contributed by atoms with Crippen molar-refractivity contribution >= 4 is 6.16 Å². The van der Waals surface area contributed by atoms with Crippen molar-refractivity contribution in [2.75, 3.05) is 7.11 Å². The lowest BCUT2D eigenvalue weighted by Crippen LogP contribution is -2.09.